The first-order chi connectivity index (χ1) is 10.2. The lowest BCUT2D eigenvalue weighted by atomic mass is 9.83. The van der Waals surface area contributed by atoms with Gasteiger partial charge >= 0.3 is 0 Å². The molecule has 1 unspecified atom stereocenters. The highest BCUT2D eigenvalue weighted by Crippen LogP contribution is 2.35. The van der Waals surface area contributed by atoms with Crippen molar-refractivity contribution in [1.82, 2.24) is 0 Å². The van der Waals surface area contributed by atoms with E-state index in [0.717, 1.165) is 37.5 Å². The van der Waals surface area contributed by atoms with Crippen LogP contribution in [0.25, 0.3) is 0 Å². The fourth-order valence-corrected chi connectivity index (χ4v) is 3.23. The van der Waals surface area contributed by atoms with E-state index >= 15 is 0 Å². The maximum absolute atomic E-state index is 6.18. The van der Waals surface area contributed by atoms with Gasteiger partial charge in [-0.3, -0.25) is 0 Å². The molecule has 0 amide bonds. The molecule has 0 spiro atoms. The minimum absolute atomic E-state index is 0.232. The number of ether oxygens (including phenoxy) is 1. The minimum Gasteiger partial charge on any atom is -0.493 e. The standard InChI is InChI=1S/C19H31NO/c1-3-12-21-19-11-10-16(15-8-6-5-7-9-15)13-17(19)14-18(20)4-2/h10-11,13,15,18H,3-9,12,14,20H2,1-2H3. The monoisotopic (exact) mass is 289 g/mol. The largest absolute Gasteiger partial charge is 0.493 e. The molecule has 1 saturated carbocycles. The highest BCUT2D eigenvalue weighted by Gasteiger charge is 2.17. The Balaban J connectivity index is 2.17. The first kappa shape index (κ1) is 16.4. The van der Waals surface area contributed by atoms with Gasteiger partial charge in [-0.2, -0.15) is 0 Å². The Morgan fingerprint density at radius 1 is 1.19 bits per heavy atom. The average molecular weight is 289 g/mol. The van der Waals surface area contributed by atoms with Crippen molar-refractivity contribution in [3.63, 3.8) is 0 Å². The normalized spacial score (nSPS) is 17.7. The molecule has 0 aliphatic heterocycles. The van der Waals surface area contributed by atoms with Crippen LogP contribution in [0.3, 0.4) is 0 Å². The van der Waals surface area contributed by atoms with E-state index in [-0.39, 0.29) is 6.04 Å². The van der Waals surface area contributed by atoms with Gasteiger partial charge in [0, 0.05) is 6.04 Å². The molecule has 0 radical (unpaired) electrons. The molecule has 1 aliphatic rings. The van der Waals surface area contributed by atoms with Gasteiger partial charge < -0.3 is 10.5 Å². The zero-order chi connectivity index (χ0) is 15.1. The summed E-state index contributed by atoms with van der Waals surface area (Å²) in [5, 5.41) is 0. The van der Waals surface area contributed by atoms with E-state index < -0.39 is 0 Å². The van der Waals surface area contributed by atoms with Crippen LogP contribution in [0.15, 0.2) is 18.2 Å². The van der Waals surface area contributed by atoms with Gasteiger partial charge in [-0.05, 0) is 55.2 Å². The lowest BCUT2D eigenvalue weighted by molar-refractivity contribution is 0.313. The van der Waals surface area contributed by atoms with Crippen molar-refractivity contribution >= 4 is 0 Å². The second-order valence-corrected chi connectivity index (χ2v) is 6.42. The van der Waals surface area contributed by atoms with E-state index in [1.807, 2.05) is 0 Å². The molecule has 21 heavy (non-hydrogen) atoms. The molecule has 2 heteroatoms. The SMILES string of the molecule is CCCOc1ccc(C2CCCCC2)cc1CC(N)CC. The average Bonchev–Trinajstić information content (AvgIpc) is 2.54. The third-order valence-electron chi connectivity index (χ3n) is 4.63. The minimum atomic E-state index is 0.232. The number of benzene rings is 1. The summed E-state index contributed by atoms with van der Waals surface area (Å²) in [5.74, 6) is 1.79. The molecular weight excluding hydrogens is 258 g/mol. The van der Waals surface area contributed by atoms with Gasteiger partial charge in [-0.25, -0.2) is 0 Å². The Kier molecular flexibility index (Phi) is 6.56. The van der Waals surface area contributed by atoms with Gasteiger partial charge in [-0.15, -0.1) is 0 Å². The second-order valence-electron chi connectivity index (χ2n) is 6.42. The summed E-state index contributed by atoms with van der Waals surface area (Å²) in [5.41, 5.74) is 8.98. The van der Waals surface area contributed by atoms with Crippen molar-refractivity contribution < 1.29 is 4.74 Å². The van der Waals surface area contributed by atoms with Gasteiger partial charge in [0.25, 0.3) is 0 Å². The van der Waals surface area contributed by atoms with E-state index in [9.17, 15) is 0 Å². The third-order valence-corrected chi connectivity index (χ3v) is 4.63. The summed E-state index contributed by atoms with van der Waals surface area (Å²) in [6, 6.07) is 7.06. The smallest absolute Gasteiger partial charge is 0.122 e. The van der Waals surface area contributed by atoms with Crippen LogP contribution in [0.4, 0.5) is 0 Å². The Labute approximate surface area is 130 Å². The van der Waals surface area contributed by atoms with Crippen molar-refractivity contribution in [3.8, 4) is 5.75 Å². The van der Waals surface area contributed by atoms with Gasteiger partial charge in [-0.1, -0.05) is 45.2 Å². The summed E-state index contributed by atoms with van der Waals surface area (Å²) >= 11 is 0. The van der Waals surface area contributed by atoms with Gasteiger partial charge in [0.05, 0.1) is 6.61 Å². The first-order valence-electron chi connectivity index (χ1n) is 8.75. The molecule has 0 saturated heterocycles. The molecule has 0 aromatic heterocycles. The second kappa shape index (κ2) is 8.43. The lowest BCUT2D eigenvalue weighted by Gasteiger charge is -2.24. The number of hydrogen-bond donors (Lipinski definition) is 1. The van der Waals surface area contributed by atoms with Crippen molar-refractivity contribution in [1.29, 1.82) is 0 Å². The van der Waals surface area contributed by atoms with Crippen LogP contribution in [-0.2, 0) is 6.42 Å². The Morgan fingerprint density at radius 3 is 2.62 bits per heavy atom. The van der Waals surface area contributed by atoms with E-state index in [2.05, 4.69) is 32.0 Å². The van der Waals surface area contributed by atoms with E-state index in [0.29, 0.717) is 0 Å². The fraction of sp³-hybridized carbons (Fsp3) is 0.684. The first-order valence-corrected chi connectivity index (χ1v) is 8.75. The highest BCUT2D eigenvalue weighted by molar-refractivity contribution is 5.39. The van der Waals surface area contributed by atoms with Crippen LogP contribution < -0.4 is 10.5 Å². The van der Waals surface area contributed by atoms with Gasteiger partial charge in [0.15, 0.2) is 0 Å². The van der Waals surface area contributed by atoms with Crippen LogP contribution in [0.1, 0.15) is 75.8 Å². The number of nitrogens with two attached hydrogens (primary N) is 1. The predicted molar refractivity (Wildman–Crippen MR) is 90.0 cm³/mol. The molecule has 1 aliphatic carbocycles. The van der Waals surface area contributed by atoms with Crippen molar-refractivity contribution in [2.75, 3.05) is 6.61 Å². The molecule has 1 fully saturated rings. The summed E-state index contributed by atoms with van der Waals surface area (Å²) in [6.45, 7) is 5.09. The van der Waals surface area contributed by atoms with E-state index in [4.69, 9.17) is 10.5 Å². The fourth-order valence-electron chi connectivity index (χ4n) is 3.23. The third kappa shape index (κ3) is 4.74. The maximum atomic E-state index is 6.18. The molecule has 1 aromatic carbocycles. The summed E-state index contributed by atoms with van der Waals surface area (Å²) in [4.78, 5) is 0. The number of rotatable bonds is 7. The van der Waals surface area contributed by atoms with Crippen molar-refractivity contribution in [3.05, 3.63) is 29.3 Å². The van der Waals surface area contributed by atoms with Crippen LogP contribution in [0, 0.1) is 0 Å². The van der Waals surface area contributed by atoms with E-state index in [1.54, 1.807) is 0 Å². The Bertz CT molecular complexity index is 424. The maximum Gasteiger partial charge on any atom is 0.122 e. The topological polar surface area (TPSA) is 35.2 Å². The molecule has 2 nitrogen and oxygen atoms in total. The molecule has 0 heterocycles. The van der Waals surface area contributed by atoms with Crippen LogP contribution in [0.5, 0.6) is 5.75 Å². The van der Waals surface area contributed by atoms with Crippen LogP contribution >= 0.6 is 0 Å². The molecule has 1 atom stereocenters. The Hall–Kier alpha value is -1.02. The zero-order valence-electron chi connectivity index (χ0n) is 13.7. The molecule has 2 N–H and O–H groups in total. The van der Waals surface area contributed by atoms with Gasteiger partial charge in [0.1, 0.15) is 5.75 Å². The summed E-state index contributed by atoms with van der Waals surface area (Å²) in [7, 11) is 0. The quantitative estimate of drug-likeness (QED) is 0.782. The van der Waals surface area contributed by atoms with Gasteiger partial charge in [0.2, 0.25) is 0 Å². The summed E-state index contributed by atoms with van der Waals surface area (Å²) in [6.07, 6.45) is 9.83. The van der Waals surface area contributed by atoms with Crippen LogP contribution in [0.2, 0.25) is 0 Å². The molecule has 1 aromatic rings. The van der Waals surface area contributed by atoms with Crippen molar-refractivity contribution in [2.45, 2.75) is 77.2 Å². The Morgan fingerprint density at radius 2 is 1.95 bits per heavy atom. The predicted octanol–water partition coefficient (Wildman–Crippen LogP) is 4.80. The van der Waals surface area contributed by atoms with Crippen LogP contribution in [-0.4, -0.2) is 12.6 Å². The molecular formula is C19H31NO. The number of hydrogen-bond acceptors (Lipinski definition) is 2. The van der Waals surface area contributed by atoms with Crippen molar-refractivity contribution in [2.24, 2.45) is 5.73 Å². The highest BCUT2D eigenvalue weighted by atomic mass is 16.5. The molecule has 2 rings (SSSR count). The lowest BCUT2D eigenvalue weighted by Crippen LogP contribution is -2.22. The van der Waals surface area contributed by atoms with E-state index in [1.165, 1.54) is 43.2 Å². The zero-order valence-corrected chi connectivity index (χ0v) is 13.7. The molecule has 0 bridgehead atoms. The molecule has 118 valence electrons. The summed E-state index contributed by atoms with van der Waals surface area (Å²) < 4.78 is 5.92.